The van der Waals surface area contributed by atoms with Crippen LogP contribution < -0.4 is 10.5 Å². The van der Waals surface area contributed by atoms with Crippen LogP contribution in [0.15, 0.2) is 28.7 Å². The smallest absolute Gasteiger partial charge is 0.120 e. The van der Waals surface area contributed by atoms with Gasteiger partial charge in [-0.2, -0.15) is 0 Å². The summed E-state index contributed by atoms with van der Waals surface area (Å²) < 4.78 is 6.46. The zero-order chi connectivity index (χ0) is 11.3. The van der Waals surface area contributed by atoms with Crippen LogP contribution in [-0.2, 0) is 0 Å². The van der Waals surface area contributed by atoms with E-state index in [-0.39, 0.29) is 6.54 Å². The minimum atomic E-state index is -0.841. The third-order valence-corrected chi connectivity index (χ3v) is 2.64. The molecular formula is C11H16BrNO2. The standard InChI is InChI=1S/C11H16BrNO2/c1-11(14,8-13)5-6-15-10-4-2-3-9(12)7-10/h2-4,7,14H,5-6,8,13H2,1H3. The molecule has 0 saturated heterocycles. The fourth-order valence-corrected chi connectivity index (χ4v) is 1.43. The molecule has 15 heavy (non-hydrogen) atoms. The van der Waals surface area contributed by atoms with Gasteiger partial charge in [-0.05, 0) is 25.1 Å². The van der Waals surface area contributed by atoms with Gasteiger partial charge in [0.15, 0.2) is 0 Å². The molecule has 1 aromatic carbocycles. The molecule has 0 radical (unpaired) electrons. The van der Waals surface area contributed by atoms with Gasteiger partial charge in [0, 0.05) is 17.4 Å². The quantitative estimate of drug-likeness (QED) is 0.862. The van der Waals surface area contributed by atoms with Gasteiger partial charge >= 0.3 is 0 Å². The van der Waals surface area contributed by atoms with Crippen molar-refractivity contribution >= 4 is 15.9 Å². The normalized spacial score (nSPS) is 14.7. The van der Waals surface area contributed by atoms with Gasteiger partial charge in [-0.1, -0.05) is 22.0 Å². The zero-order valence-corrected chi connectivity index (χ0v) is 10.3. The number of hydrogen-bond donors (Lipinski definition) is 2. The zero-order valence-electron chi connectivity index (χ0n) is 8.74. The minimum Gasteiger partial charge on any atom is -0.493 e. The van der Waals surface area contributed by atoms with Gasteiger partial charge in [-0.3, -0.25) is 0 Å². The Kier molecular flexibility index (Phi) is 4.57. The summed E-state index contributed by atoms with van der Waals surface area (Å²) in [4.78, 5) is 0. The lowest BCUT2D eigenvalue weighted by molar-refractivity contribution is 0.0453. The molecule has 3 N–H and O–H groups in total. The molecule has 4 heteroatoms. The third kappa shape index (κ3) is 4.64. The van der Waals surface area contributed by atoms with Crippen LogP contribution in [0.2, 0.25) is 0 Å². The van der Waals surface area contributed by atoms with Gasteiger partial charge in [-0.25, -0.2) is 0 Å². The van der Waals surface area contributed by atoms with Crippen LogP contribution in [0.1, 0.15) is 13.3 Å². The second-order valence-corrected chi connectivity index (χ2v) is 4.67. The van der Waals surface area contributed by atoms with E-state index in [9.17, 15) is 5.11 Å². The van der Waals surface area contributed by atoms with Gasteiger partial charge in [0.25, 0.3) is 0 Å². The molecule has 1 atom stereocenters. The number of hydrogen-bond acceptors (Lipinski definition) is 3. The second-order valence-electron chi connectivity index (χ2n) is 3.76. The average molecular weight is 274 g/mol. The predicted molar refractivity (Wildman–Crippen MR) is 63.9 cm³/mol. The Bertz CT molecular complexity index is 315. The Morgan fingerprint density at radius 1 is 1.53 bits per heavy atom. The molecule has 0 bridgehead atoms. The lowest BCUT2D eigenvalue weighted by Gasteiger charge is -2.20. The topological polar surface area (TPSA) is 55.5 Å². The summed E-state index contributed by atoms with van der Waals surface area (Å²) in [5.41, 5.74) is 4.56. The number of ether oxygens (including phenoxy) is 1. The number of benzene rings is 1. The van der Waals surface area contributed by atoms with Crippen LogP contribution in [-0.4, -0.2) is 23.9 Å². The molecule has 0 amide bonds. The summed E-state index contributed by atoms with van der Waals surface area (Å²) in [6, 6.07) is 7.60. The molecule has 0 aliphatic heterocycles. The first-order valence-electron chi connectivity index (χ1n) is 4.84. The maximum absolute atomic E-state index is 9.64. The van der Waals surface area contributed by atoms with E-state index >= 15 is 0 Å². The maximum Gasteiger partial charge on any atom is 0.120 e. The Labute approximate surface area is 98.4 Å². The highest BCUT2D eigenvalue weighted by Gasteiger charge is 2.17. The van der Waals surface area contributed by atoms with E-state index in [4.69, 9.17) is 10.5 Å². The maximum atomic E-state index is 9.64. The van der Waals surface area contributed by atoms with Crippen molar-refractivity contribution in [3.05, 3.63) is 28.7 Å². The van der Waals surface area contributed by atoms with E-state index < -0.39 is 5.60 Å². The van der Waals surface area contributed by atoms with Crippen LogP contribution in [0, 0.1) is 0 Å². The summed E-state index contributed by atoms with van der Waals surface area (Å²) in [6.45, 7) is 2.41. The number of halogens is 1. The Morgan fingerprint density at radius 3 is 2.87 bits per heavy atom. The van der Waals surface area contributed by atoms with Crippen molar-refractivity contribution < 1.29 is 9.84 Å². The molecule has 84 valence electrons. The third-order valence-electron chi connectivity index (χ3n) is 2.15. The lowest BCUT2D eigenvalue weighted by Crippen LogP contribution is -2.35. The Hall–Kier alpha value is -0.580. The molecule has 0 fully saturated rings. The molecule has 0 spiro atoms. The predicted octanol–water partition coefficient (Wildman–Crippen LogP) is 1.93. The molecule has 0 aliphatic carbocycles. The fraction of sp³-hybridized carbons (Fsp3) is 0.455. The molecular weight excluding hydrogens is 258 g/mol. The van der Waals surface area contributed by atoms with E-state index in [0.717, 1.165) is 10.2 Å². The number of rotatable bonds is 5. The van der Waals surface area contributed by atoms with Crippen molar-refractivity contribution in [1.82, 2.24) is 0 Å². The summed E-state index contributed by atoms with van der Waals surface area (Å²) in [7, 11) is 0. The number of aliphatic hydroxyl groups is 1. The SMILES string of the molecule is CC(O)(CN)CCOc1cccc(Br)c1. The molecule has 1 unspecified atom stereocenters. The van der Waals surface area contributed by atoms with E-state index in [0.29, 0.717) is 13.0 Å². The average Bonchev–Trinajstić information content (AvgIpc) is 2.18. The fourth-order valence-electron chi connectivity index (χ4n) is 1.05. The van der Waals surface area contributed by atoms with Crippen LogP contribution in [0.25, 0.3) is 0 Å². The van der Waals surface area contributed by atoms with Crippen molar-refractivity contribution in [2.75, 3.05) is 13.2 Å². The van der Waals surface area contributed by atoms with Crippen molar-refractivity contribution in [2.24, 2.45) is 5.73 Å². The van der Waals surface area contributed by atoms with Gasteiger partial charge in [-0.15, -0.1) is 0 Å². The van der Waals surface area contributed by atoms with Crippen molar-refractivity contribution in [3.8, 4) is 5.75 Å². The van der Waals surface area contributed by atoms with Crippen molar-refractivity contribution in [1.29, 1.82) is 0 Å². The summed E-state index contributed by atoms with van der Waals surface area (Å²) in [5.74, 6) is 0.789. The van der Waals surface area contributed by atoms with Crippen LogP contribution >= 0.6 is 15.9 Å². The molecule has 0 saturated carbocycles. The second kappa shape index (κ2) is 5.49. The van der Waals surface area contributed by atoms with Crippen molar-refractivity contribution in [3.63, 3.8) is 0 Å². The molecule has 3 nitrogen and oxygen atoms in total. The first-order chi connectivity index (χ1) is 7.03. The molecule has 1 rings (SSSR count). The summed E-state index contributed by atoms with van der Waals surface area (Å²) >= 11 is 3.36. The first kappa shape index (κ1) is 12.5. The van der Waals surface area contributed by atoms with E-state index in [1.54, 1.807) is 6.92 Å². The highest BCUT2D eigenvalue weighted by atomic mass is 79.9. The number of nitrogens with two attached hydrogens (primary N) is 1. The molecule has 0 heterocycles. The lowest BCUT2D eigenvalue weighted by atomic mass is 10.0. The molecule has 1 aromatic rings. The summed E-state index contributed by atoms with van der Waals surface area (Å²) in [6.07, 6.45) is 0.524. The van der Waals surface area contributed by atoms with Gasteiger partial charge in [0.05, 0.1) is 12.2 Å². The van der Waals surface area contributed by atoms with E-state index in [2.05, 4.69) is 15.9 Å². The monoisotopic (exact) mass is 273 g/mol. The van der Waals surface area contributed by atoms with Crippen LogP contribution in [0.5, 0.6) is 5.75 Å². The van der Waals surface area contributed by atoms with Gasteiger partial charge < -0.3 is 15.6 Å². The highest BCUT2D eigenvalue weighted by molar-refractivity contribution is 9.10. The van der Waals surface area contributed by atoms with E-state index in [1.807, 2.05) is 24.3 Å². The van der Waals surface area contributed by atoms with Crippen molar-refractivity contribution in [2.45, 2.75) is 18.9 Å². The van der Waals surface area contributed by atoms with Crippen LogP contribution in [0.4, 0.5) is 0 Å². The Balaban J connectivity index is 2.38. The van der Waals surface area contributed by atoms with Gasteiger partial charge in [0.2, 0.25) is 0 Å². The first-order valence-corrected chi connectivity index (χ1v) is 5.64. The molecule has 0 aliphatic rings. The van der Waals surface area contributed by atoms with Gasteiger partial charge in [0.1, 0.15) is 5.75 Å². The minimum absolute atomic E-state index is 0.245. The van der Waals surface area contributed by atoms with Crippen LogP contribution in [0.3, 0.4) is 0 Å². The largest absolute Gasteiger partial charge is 0.493 e. The Morgan fingerprint density at radius 2 is 2.27 bits per heavy atom. The van der Waals surface area contributed by atoms with E-state index in [1.165, 1.54) is 0 Å². The highest BCUT2D eigenvalue weighted by Crippen LogP contribution is 2.18. The molecule has 0 aromatic heterocycles. The summed E-state index contributed by atoms with van der Waals surface area (Å²) in [5, 5.41) is 9.64.